The standard InChI is InChI=1S/C15H14ClN3O2S/c1-10(22-13-6-4-12(16)5-7-13)14(20)18-19-15(21)11-3-2-8-17-9-11/h2-10H,1H3,(H,18,20)(H,19,21)/t10-/m1/s1. The van der Waals surface area contributed by atoms with Crippen molar-refractivity contribution in [3.05, 3.63) is 59.4 Å². The summed E-state index contributed by atoms with van der Waals surface area (Å²) < 4.78 is 0. The number of carbonyl (C=O) groups is 2. The first kappa shape index (κ1) is 16.3. The Morgan fingerprint density at radius 3 is 2.55 bits per heavy atom. The van der Waals surface area contributed by atoms with Crippen molar-refractivity contribution in [2.45, 2.75) is 17.1 Å². The van der Waals surface area contributed by atoms with Crippen LogP contribution in [-0.2, 0) is 4.79 Å². The second-order valence-electron chi connectivity index (χ2n) is 4.40. The maximum atomic E-state index is 12.0. The van der Waals surface area contributed by atoms with E-state index in [1.807, 2.05) is 12.1 Å². The normalized spacial score (nSPS) is 11.5. The van der Waals surface area contributed by atoms with E-state index in [1.54, 1.807) is 37.4 Å². The Morgan fingerprint density at radius 2 is 1.91 bits per heavy atom. The van der Waals surface area contributed by atoms with Crippen molar-refractivity contribution in [2.24, 2.45) is 0 Å². The maximum absolute atomic E-state index is 12.0. The number of hydrazine groups is 1. The lowest BCUT2D eigenvalue weighted by Gasteiger charge is -2.12. The molecule has 2 rings (SSSR count). The van der Waals surface area contributed by atoms with Gasteiger partial charge in [-0.25, -0.2) is 0 Å². The Hall–Kier alpha value is -2.05. The van der Waals surface area contributed by atoms with Gasteiger partial charge in [0.15, 0.2) is 0 Å². The number of nitrogens with zero attached hydrogens (tertiary/aromatic N) is 1. The number of rotatable bonds is 4. The Labute approximate surface area is 137 Å². The minimum atomic E-state index is -0.412. The van der Waals surface area contributed by atoms with Crippen LogP contribution in [0.5, 0.6) is 0 Å². The average Bonchev–Trinajstić information content (AvgIpc) is 2.55. The van der Waals surface area contributed by atoms with Crippen LogP contribution in [0.15, 0.2) is 53.7 Å². The van der Waals surface area contributed by atoms with Crippen LogP contribution in [0.2, 0.25) is 5.02 Å². The highest BCUT2D eigenvalue weighted by Crippen LogP contribution is 2.24. The maximum Gasteiger partial charge on any atom is 0.271 e. The fourth-order valence-electron chi connectivity index (χ4n) is 1.56. The van der Waals surface area contributed by atoms with Gasteiger partial charge in [0.2, 0.25) is 0 Å². The van der Waals surface area contributed by atoms with Gasteiger partial charge in [0, 0.05) is 22.3 Å². The lowest BCUT2D eigenvalue weighted by Crippen LogP contribution is -2.44. The monoisotopic (exact) mass is 335 g/mol. The van der Waals surface area contributed by atoms with E-state index in [9.17, 15) is 9.59 Å². The highest BCUT2D eigenvalue weighted by Gasteiger charge is 2.15. The smallest absolute Gasteiger partial charge is 0.271 e. The van der Waals surface area contributed by atoms with Crippen molar-refractivity contribution in [2.75, 3.05) is 0 Å². The van der Waals surface area contributed by atoms with Gasteiger partial charge < -0.3 is 0 Å². The van der Waals surface area contributed by atoms with Gasteiger partial charge in [0.25, 0.3) is 11.8 Å². The zero-order valence-corrected chi connectivity index (χ0v) is 13.3. The second-order valence-corrected chi connectivity index (χ2v) is 6.25. The van der Waals surface area contributed by atoms with Crippen LogP contribution in [0.3, 0.4) is 0 Å². The number of hydrogen-bond acceptors (Lipinski definition) is 4. The molecule has 7 heteroatoms. The average molecular weight is 336 g/mol. The molecule has 0 aliphatic rings. The van der Waals surface area contributed by atoms with E-state index in [4.69, 9.17) is 11.6 Å². The summed E-state index contributed by atoms with van der Waals surface area (Å²) in [6, 6.07) is 10.5. The minimum absolute atomic E-state index is 0.294. The molecule has 0 aliphatic heterocycles. The van der Waals surface area contributed by atoms with E-state index in [-0.39, 0.29) is 11.2 Å². The third-order valence-corrected chi connectivity index (χ3v) is 4.08. The number of amides is 2. The zero-order chi connectivity index (χ0) is 15.9. The van der Waals surface area contributed by atoms with Crippen LogP contribution >= 0.6 is 23.4 Å². The number of thioether (sulfide) groups is 1. The molecule has 22 heavy (non-hydrogen) atoms. The fraction of sp³-hybridized carbons (Fsp3) is 0.133. The van der Waals surface area contributed by atoms with Crippen LogP contribution in [0, 0.1) is 0 Å². The second kappa shape index (κ2) is 7.82. The first-order chi connectivity index (χ1) is 10.6. The first-order valence-corrected chi connectivity index (χ1v) is 7.74. The molecule has 1 aromatic heterocycles. The Balaban J connectivity index is 1.84. The molecule has 114 valence electrons. The summed E-state index contributed by atoms with van der Waals surface area (Å²) in [5, 5.41) is 0.278. The molecule has 0 fully saturated rings. The number of aromatic nitrogens is 1. The molecular weight excluding hydrogens is 322 g/mol. The summed E-state index contributed by atoms with van der Waals surface area (Å²) in [5.74, 6) is -0.706. The van der Waals surface area contributed by atoms with Crippen molar-refractivity contribution in [1.29, 1.82) is 0 Å². The molecule has 2 N–H and O–H groups in total. The van der Waals surface area contributed by atoms with E-state index >= 15 is 0 Å². The van der Waals surface area contributed by atoms with Gasteiger partial charge in [-0.3, -0.25) is 25.4 Å². The van der Waals surface area contributed by atoms with Gasteiger partial charge in [0.1, 0.15) is 0 Å². The van der Waals surface area contributed by atoms with Crippen molar-refractivity contribution in [3.8, 4) is 0 Å². The van der Waals surface area contributed by atoms with Gasteiger partial charge in [0.05, 0.1) is 10.8 Å². The molecule has 0 aliphatic carbocycles. The van der Waals surface area contributed by atoms with Gasteiger partial charge in [-0.2, -0.15) is 0 Å². The number of halogens is 1. The molecule has 1 atom stereocenters. The molecule has 1 aromatic carbocycles. The van der Waals surface area contributed by atoms with Crippen LogP contribution < -0.4 is 10.9 Å². The van der Waals surface area contributed by atoms with Crippen LogP contribution in [-0.4, -0.2) is 22.0 Å². The van der Waals surface area contributed by atoms with E-state index in [1.165, 1.54) is 18.0 Å². The molecule has 2 aromatic rings. The predicted molar refractivity (Wildman–Crippen MR) is 86.6 cm³/mol. The summed E-state index contributed by atoms with van der Waals surface area (Å²) in [4.78, 5) is 28.5. The minimum Gasteiger partial charge on any atom is -0.272 e. The van der Waals surface area contributed by atoms with Crippen LogP contribution in [0.1, 0.15) is 17.3 Å². The molecule has 0 spiro atoms. The lowest BCUT2D eigenvalue weighted by molar-refractivity contribution is -0.121. The first-order valence-electron chi connectivity index (χ1n) is 6.48. The van der Waals surface area contributed by atoms with Crippen molar-refractivity contribution < 1.29 is 9.59 Å². The molecule has 1 heterocycles. The summed E-state index contributed by atoms with van der Waals surface area (Å²) in [7, 11) is 0. The molecule has 0 saturated heterocycles. The Bertz CT molecular complexity index is 650. The predicted octanol–water partition coefficient (Wildman–Crippen LogP) is 2.68. The Morgan fingerprint density at radius 1 is 1.18 bits per heavy atom. The van der Waals surface area contributed by atoms with E-state index in [0.717, 1.165) is 4.90 Å². The molecule has 0 saturated carbocycles. The topological polar surface area (TPSA) is 71.1 Å². The van der Waals surface area contributed by atoms with Gasteiger partial charge >= 0.3 is 0 Å². The van der Waals surface area contributed by atoms with E-state index in [0.29, 0.717) is 10.6 Å². The fourth-order valence-corrected chi connectivity index (χ4v) is 2.55. The third-order valence-electron chi connectivity index (χ3n) is 2.72. The van der Waals surface area contributed by atoms with Crippen molar-refractivity contribution >= 4 is 35.2 Å². The van der Waals surface area contributed by atoms with Gasteiger partial charge in [-0.05, 0) is 43.3 Å². The molecule has 0 unspecified atom stereocenters. The molecule has 0 bridgehead atoms. The summed E-state index contributed by atoms with van der Waals surface area (Å²) >= 11 is 7.19. The SMILES string of the molecule is C[C@@H](Sc1ccc(Cl)cc1)C(=O)NNC(=O)c1cccnc1. The third kappa shape index (κ3) is 4.75. The summed E-state index contributed by atoms with van der Waals surface area (Å²) in [6.45, 7) is 1.75. The zero-order valence-electron chi connectivity index (χ0n) is 11.7. The van der Waals surface area contributed by atoms with E-state index < -0.39 is 5.91 Å². The quantitative estimate of drug-likeness (QED) is 0.665. The molecule has 2 amide bonds. The van der Waals surface area contributed by atoms with E-state index in [2.05, 4.69) is 15.8 Å². The van der Waals surface area contributed by atoms with Crippen molar-refractivity contribution in [1.82, 2.24) is 15.8 Å². The van der Waals surface area contributed by atoms with Gasteiger partial charge in [-0.15, -0.1) is 11.8 Å². The summed E-state index contributed by atoms with van der Waals surface area (Å²) in [6.07, 6.45) is 2.99. The summed E-state index contributed by atoms with van der Waals surface area (Å²) in [5.41, 5.74) is 5.14. The molecule has 0 radical (unpaired) electrons. The molecular formula is C15H14ClN3O2S. The number of pyridine rings is 1. The number of nitrogens with one attached hydrogen (secondary N) is 2. The number of carbonyl (C=O) groups excluding carboxylic acids is 2. The Kier molecular flexibility index (Phi) is 5.80. The van der Waals surface area contributed by atoms with Crippen LogP contribution in [0.25, 0.3) is 0 Å². The largest absolute Gasteiger partial charge is 0.272 e. The van der Waals surface area contributed by atoms with Gasteiger partial charge in [-0.1, -0.05) is 11.6 Å². The highest BCUT2D eigenvalue weighted by atomic mass is 35.5. The number of hydrogen-bond donors (Lipinski definition) is 2. The lowest BCUT2D eigenvalue weighted by atomic mass is 10.3. The number of benzene rings is 1. The van der Waals surface area contributed by atoms with Crippen molar-refractivity contribution in [3.63, 3.8) is 0 Å². The molecule has 5 nitrogen and oxygen atoms in total. The highest BCUT2D eigenvalue weighted by molar-refractivity contribution is 8.00. The van der Waals surface area contributed by atoms with Crippen LogP contribution in [0.4, 0.5) is 0 Å².